The smallest absolute Gasteiger partial charge is 0.181 e. The van der Waals surface area contributed by atoms with E-state index in [9.17, 15) is 8.78 Å². The molecule has 1 aromatic carbocycles. The van der Waals surface area contributed by atoms with Crippen molar-refractivity contribution in [1.82, 2.24) is 0 Å². The van der Waals surface area contributed by atoms with Crippen LogP contribution in [0.1, 0.15) is 65.2 Å². The molecule has 1 aromatic rings. The largest absolute Gasteiger partial charge is 0.380 e. The maximum absolute atomic E-state index is 13.7. The van der Waals surface area contributed by atoms with Crippen LogP contribution in [0, 0.1) is 11.6 Å². The van der Waals surface area contributed by atoms with Crippen LogP contribution in [0.4, 0.5) is 14.5 Å². The third-order valence-electron chi connectivity index (χ3n) is 3.62. The second kappa shape index (κ2) is 9.73. The van der Waals surface area contributed by atoms with Gasteiger partial charge >= 0.3 is 0 Å². The summed E-state index contributed by atoms with van der Waals surface area (Å²) in [7, 11) is 0. The van der Waals surface area contributed by atoms with E-state index >= 15 is 0 Å². The lowest BCUT2D eigenvalue weighted by Crippen LogP contribution is -2.20. The van der Waals surface area contributed by atoms with Crippen molar-refractivity contribution in [2.24, 2.45) is 0 Å². The van der Waals surface area contributed by atoms with E-state index in [-0.39, 0.29) is 6.04 Å². The lowest BCUT2D eigenvalue weighted by Gasteiger charge is -2.20. The molecule has 3 heteroatoms. The highest BCUT2D eigenvalue weighted by atomic mass is 19.2. The van der Waals surface area contributed by atoms with E-state index < -0.39 is 11.6 Å². The molecule has 1 nitrogen and oxygen atoms in total. The predicted octanol–water partition coefficient (Wildman–Crippen LogP) is 5.91. The van der Waals surface area contributed by atoms with Gasteiger partial charge in [-0.25, -0.2) is 8.78 Å². The molecule has 0 atom stereocenters. The summed E-state index contributed by atoms with van der Waals surface area (Å²) in [6.45, 7) is 4.34. The van der Waals surface area contributed by atoms with Gasteiger partial charge in [0.15, 0.2) is 11.6 Å². The van der Waals surface area contributed by atoms with E-state index in [2.05, 4.69) is 19.2 Å². The Morgan fingerprint density at radius 2 is 1.55 bits per heavy atom. The Balaban J connectivity index is 2.59. The van der Waals surface area contributed by atoms with Gasteiger partial charge in [0, 0.05) is 6.04 Å². The number of rotatable bonds is 10. The standard InChI is InChI=1S/C17H27F2N/c1-3-5-7-10-14(11-8-6-4-2)20-16-13-9-12-15(18)17(16)19/h9,12-14,20H,3-8,10-11H2,1-2H3. The summed E-state index contributed by atoms with van der Waals surface area (Å²) in [5.74, 6) is -1.54. The van der Waals surface area contributed by atoms with Crippen LogP contribution in [0.15, 0.2) is 18.2 Å². The number of halogens is 2. The Morgan fingerprint density at radius 3 is 2.10 bits per heavy atom. The van der Waals surface area contributed by atoms with Gasteiger partial charge in [0.1, 0.15) is 0 Å². The second-order valence-electron chi connectivity index (χ2n) is 5.43. The molecule has 114 valence electrons. The average molecular weight is 283 g/mol. The van der Waals surface area contributed by atoms with Gasteiger partial charge in [0.2, 0.25) is 0 Å². The minimum Gasteiger partial charge on any atom is -0.380 e. The van der Waals surface area contributed by atoms with Crippen LogP contribution in [-0.2, 0) is 0 Å². The monoisotopic (exact) mass is 283 g/mol. The van der Waals surface area contributed by atoms with Crippen LogP contribution < -0.4 is 5.32 Å². The Bertz CT molecular complexity index is 369. The summed E-state index contributed by atoms with van der Waals surface area (Å²) in [6.07, 6.45) is 9.05. The summed E-state index contributed by atoms with van der Waals surface area (Å²) in [6, 6.07) is 4.56. The minimum atomic E-state index is -0.782. The lowest BCUT2D eigenvalue weighted by atomic mass is 10.0. The van der Waals surface area contributed by atoms with E-state index in [1.165, 1.54) is 25.7 Å². The molecule has 20 heavy (non-hydrogen) atoms. The van der Waals surface area contributed by atoms with Crippen molar-refractivity contribution in [3.63, 3.8) is 0 Å². The maximum Gasteiger partial charge on any atom is 0.181 e. The second-order valence-corrected chi connectivity index (χ2v) is 5.43. The highest BCUT2D eigenvalue weighted by Gasteiger charge is 2.13. The maximum atomic E-state index is 13.7. The van der Waals surface area contributed by atoms with Gasteiger partial charge in [-0.15, -0.1) is 0 Å². The lowest BCUT2D eigenvalue weighted by molar-refractivity contribution is 0.499. The number of hydrogen-bond acceptors (Lipinski definition) is 1. The van der Waals surface area contributed by atoms with Crippen molar-refractivity contribution in [2.75, 3.05) is 5.32 Å². The first-order chi connectivity index (χ1) is 9.69. The minimum absolute atomic E-state index is 0.240. The number of hydrogen-bond donors (Lipinski definition) is 1. The Morgan fingerprint density at radius 1 is 0.950 bits per heavy atom. The molecule has 0 radical (unpaired) electrons. The molecule has 1 N–H and O–H groups in total. The third kappa shape index (κ3) is 5.89. The van der Waals surface area contributed by atoms with Gasteiger partial charge in [-0.1, -0.05) is 58.4 Å². The molecular formula is C17H27F2N. The Kier molecular flexibility index (Phi) is 8.24. The van der Waals surface area contributed by atoms with Gasteiger partial charge < -0.3 is 5.32 Å². The summed E-state index contributed by atoms with van der Waals surface area (Å²) < 4.78 is 26.9. The van der Waals surface area contributed by atoms with Crippen molar-refractivity contribution in [1.29, 1.82) is 0 Å². The fourth-order valence-corrected chi connectivity index (χ4v) is 2.41. The zero-order valence-corrected chi connectivity index (χ0v) is 12.7. The Labute approximate surface area is 121 Å². The number of benzene rings is 1. The van der Waals surface area contributed by atoms with Crippen molar-refractivity contribution >= 4 is 5.69 Å². The molecular weight excluding hydrogens is 256 g/mol. The molecule has 0 unspecified atom stereocenters. The van der Waals surface area contributed by atoms with Crippen LogP contribution in [0.5, 0.6) is 0 Å². The van der Waals surface area contributed by atoms with Crippen molar-refractivity contribution in [3.8, 4) is 0 Å². The SMILES string of the molecule is CCCCCC(CCCCC)Nc1cccc(F)c1F. The number of anilines is 1. The summed E-state index contributed by atoms with van der Waals surface area (Å²) >= 11 is 0. The van der Waals surface area contributed by atoms with Gasteiger partial charge in [0.05, 0.1) is 5.69 Å². The Hall–Kier alpha value is -1.12. The first-order valence-corrected chi connectivity index (χ1v) is 7.89. The highest BCUT2D eigenvalue weighted by Crippen LogP contribution is 2.21. The molecule has 0 spiro atoms. The van der Waals surface area contributed by atoms with E-state index in [0.717, 1.165) is 31.7 Å². The van der Waals surface area contributed by atoms with Gasteiger partial charge in [-0.3, -0.25) is 0 Å². The van der Waals surface area contributed by atoms with E-state index in [1.807, 2.05) is 0 Å². The molecule has 0 bridgehead atoms. The zero-order valence-electron chi connectivity index (χ0n) is 12.7. The molecule has 0 amide bonds. The van der Waals surface area contributed by atoms with Gasteiger partial charge in [-0.05, 0) is 25.0 Å². The molecule has 0 aliphatic rings. The van der Waals surface area contributed by atoms with E-state index in [0.29, 0.717) is 5.69 Å². The van der Waals surface area contributed by atoms with E-state index in [1.54, 1.807) is 12.1 Å². The molecule has 0 heterocycles. The molecule has 0 saturated heterocycles. The molecule has 0 aromatic heterocycles. The molecule has 0 aliphatic carbocycles. The predicted molar refractivity (Wildman–Crippen MR) is 82.1 cm³/mol. The number of unbranched alkanes of at least 4 members (excludes halogenated alkanes) is 4. The molecule has 0 fully saturated rings. The zero-order chi connectivity index (χ0) is 14.8. The quantitative estimate of drug-likeness (QED) is 0.527. The first-order valence-electron chi connectivity index (χ1n) is 7.89. The molecule has 1 rings (SSSR count). The van der Waals surface area contributed by atoms with Crippen LogP contribution in [-0.4, -0.2) is 6.04 Å². The highest BCUT2D eigenvalue weighted by molar-refractivity contribution is 5.45. The third-order valence-corrected chi connectivity index (χ3v) is 3.62. The van der Waals surface area contributed by atoms with Gasteiger partial charge in [-0.2, -0.15) is 0 Å². The van der Waals surface area contributed by atoms with Crippen LogP contribution >= 0.6 is 0 Å². The average Bonchev–Trinajstić information content (AvgIpc) is 2.44. The first kappa shape index (κ1) is 16.9. The fourth-order valence-electron chi connectivity index (χ4n) is 2.41. The van der Waals surface area contributed by atoms with Crippen LogP contribution in [0.3, 0.4) is 0 Å². The van der Waals surface area contributed by atoms with Gasteiger partial charge in [0.25, 0.3) is 0 Å². The summed E-state index contributed by atoms with van der Waals surface area (Å²) in [5, 5.41) is 3.19. The van der Waals surface area contributed by atoms with Crippen molar-refractivity contribution < 1.29 is 8.78 Å². The van der Waals surface area contributed by atoms with Crippen LogP contribution in [0.2, 0.25) is 0 Å². The topological polar surface area (TPSA) is 12.0 Å². The molecule has 0 aliphatic heterocycles. The molecule has 0 saturated carbocycles. The van der Waals surface area contributed by atoms with Crippen molar-refractivity contribution in [2.45, 2.75) is 71.3 Å². The fraction of sp³-hybridized carbons (Fsp3) is 0.647. The number of nitrogens with one attached hydrogen (secondary N) is 1. The van der Waals surface area contributed by atoms with E-state index in [4.69, 9.17) is 0 Å². The van der Waals surface area contributed by atoms with Crippen LogP contribution in [0.25, 0.3) is 0 Å². The van der Waals surface area contributed by atoms with Crippen molar-refractivity contribution in [3.05, 3.63) is 29.8 Å². The normalized spacial score (nSPS) is 11.1. The summed E-state index contributed by atoms with van der Waals surface area (Å²) in [4.78, 5) is 0. The summed E-state index contributed by atoms with van der Waals surface area (Å²) in [5.41, 5.74) is 0.294.